The lowest BCUT2D eigenvalue weighted by atomic mass is 9.91. The number of halogens is 1. The van der Waals surface area contributed by atoms with Crippen LogP contribution in [0, 0.1) is 23.7 Å². The molecule has 1 saturated heterocycles. The van der Waals surface area contributed by atoms with Crippen molar-refractivity contribution in [2.45, 2.75) is 44.9 Å². The van der Waals surface area contributed by atoms with Gasteiger partial charge in [0, 0.05) is 25.6 Å². The number of piperidine rings is 1. The number of rotatable bonds is 5. The van der Waals surface area contributed by atoms with Crippen molar-refractivity contribution in [3.63, 3.8) is 0 Å². The van der Waals surface area contributed by atoms with Gasteiger partial charge < -0.3 is 16.0 Å². The van der Waals surface area contributed by atoms with Crippen LogP contribution in [-0.2, 0) is 9.59 Å². The van der Waals surface area contributed by atoms with Crippen molar-refractivity contribution in [1.29, 1.82) is 0 Å². The summed E-state index contributed by atoms with van der Waals surface area (Å²) in [5.74, 6) is 1.51. The summed E-state index contributed by atoms with van der Waals surface area (Å²) in [7, 11) is 0. The Bertz CT molecular complexity index is 428. The van der Waals surface area contributed by atoms with Crippen molar-refractivity contribution in [3.05, 3.63) is 0 Å². The fraction of sp³-hybridized carbons (Fsp3) is 0.882. The van der Waals surface area contributed by atoms with Crippen molar-refractivity contribution in [2.24, 2.45) is 29.4 Å². The fourth-order valence-corrected chi connectivity index (χ4v) is 3.98. The Kier molecular flexibility index (Phi) is 6.72. The molecule has 0 aromatic carbocycles. The predicted octanol–water partition coefficient (Wildman–Crippen LogP) is 1.55. The van der Waals surface area contributed by atoms with E-state index in [0.29, 0.717) is 24.9 Å². The van der Waals surface area contributed by atoms with Gasteiger partial charge in [-0.3, -0.25) is 9.59 Å². The summed E-state index contributed by atoms with van der Waals surface area (Å²) in [5.41, 5.74) is 5.81. The lowest BCUT2D eigenvalue weighted by molar-refractivity contribution is -0.140. The first-order valence-corrected chi connectivity index (χ1v) is 8.95. The molecule has 0 bridgehead atoms. The van der Waals surface area contributed by atoms with Gasteiger partial charge in [0.15, 0.2) is 0 Å². The first kappa shape index (κ1) is 18.5. The highest BCUT2D eigenvalue weighted by molar-refractivity contribution is 5.85. The van der Waals surface area contributed by atoms with Crippen molar-refractivity contribution in [3.8, 4) is 0 Å². The Hall–Kier alpha value is -0.810. The molecule has 1 aliphatic heterocycles. The number of carbonyl (C=O) groups is 2. The van der Waals surface area contributed by atoms with Crippen LogP contribution in [0.3, 0.4) is 0 Å². The molecule has 2 aliphatic carbocycles. The van der Waals surface area contributed by atoms with Gasteiger partial charge in [0.25, 0.3) is 0 Å². The van der Waals surface area contributed by atoms with Crippen molar-refractivity contribution in [1.82, 2.24) is 10.2 Å². The summed E-state index contributed by atoms with van der Waals surface area (Å²) in [6.45, 7) is 2.83. The minimum absolute atomic E-state index is 0. The van der Waals surface area contributed by atoms with E-state index in [-0.39, 0.29) is 36.1 Å². The molecule has 5 nitrogen and oxygen atoms in total. The van der Waals surface area contributed by atoms with E-state index >= 15 is 0 Å². The number of likely N-dealkylation sites (tertiary alicyclic amines) is 1. The molecule has 1 unspecified atom stereocenters. The molecule has 3 atom stereocenters. The average Bonchev–Trinajstić information content (AvgIpc) is 3.26. The van der Waals surface area contributed by atoms with Gasteiger partial charge in [-0.1, -0.05) is 6.42 Å². The molecule has 3 rings (SSSR count). The lowest BCUT2D eigenvalue weighted by Crippen LogP contribution is -2.48. The van der Waals surface area contributed by atoms with Gasteiger partial charge in [-0.15, -0.1) is 12.4 Å². The van der Waals surface area contributed by atoms with Crippen molar-refractivity contribution >= 4 is 24.2 Å². The molecule has 3 fully saturated rings. The number of amides is 2. The van der Waals surface area contributed by atoms with Crippen molar-refractivity contribution in [2.75, 3.05) is 26.2 Å². The van der Waals surface area contributed by atoms with E-state index in [1.165, 1.54) is 12.8 Å². The summed E-state index contributed by atoms with van der Waals surface area (Å²) >= 11 is 0. The third kappa shape index (κ3) is 4.60. The summed E-state index contributed by atoms with van der Waals surface area (Å²) in [4.78, 5) is 27.0. The summed E-state index contributed by atoms with van der Waals surface area (Å²) < 4.78 is 0. The van der Waals surface area contributed by atoms with Crippen LogP contribution in [-0.4, -0.2) is 42.9 Å². The molecule has 3 aliphatic rings. The van der Waals surface area contributed by atoms with Crippen LogP contribution in [0.4, 0.5) is 0 Å². The maximum absolute atomic E-state index is 12.8. The smallest absolute Gasteiger partial charge is 0.226 e. The van der Waals surface area contributed by atoms with E-state index < -0.39 is 0 Å². The van der Waals surface area contributed by atoms with Crippen LogP contribution in [0.15, 0.2) is 0 Å². The Balaban J connectivity index is 0.00000192. The van der Waals surface area contributed by atoms with Crippen LogP contribution in [0.1, 0.15) is 44.9 Å². The first-order chi connectivity index (χ1) is 10.7. The second-order valence-electron chi connectivity index (χ2n) is 7.35. The molecule has 0 spiro atoms. The van der Waals surface area contributed by atoms with Gasteiger partial charge in [-0.2, -0.15) is 0 Å². The second kappa shape index (κ2) is 8.34. The molecule has 23 heavy (non-hydrogen) atoms. The number of carbonyl (C=O) groups excluding carboxylic acids is 2. The van der Waals surface area contributed by atoms with Gasteiger partial charge in [0.1, 0.15) is 0 Å². The summed E-state index contributed by atoms with van der Waals surface area (Å²) in [5, 5.41) is 3.07. The Morgan fingerprint density at radius 3 is 2.57 bits per heavy atom. The Morgan fingerprint density at radius 1 is 1.09 bits per heavy atom. The van der Waals surface area contributed by atoms with E-state index in [4.69, 9.17) is 5.73 Å². The van der Waals surface area contributed by atoms with Crippen molar-refractivity contribution < 1.29 is 9.59 Å². The number of nitrogens with two attached hydrogens (primary N) is 1. The molecule has 3 N–H and O–H groups in total. The minimum atomic E-state index is -0.0193. The highest BCUT2D eigenvalue weighted by Gasteiger charge is 2.37. The number of nitrogens with zero attached hydrogens (tertiary/aromatic N) is 1. The van der Waals surface area contributed by atoms with Gasteiger partial charge in [-0.25, -0.2) is 0 Å². The van der Waals surface area contributed by atoms with Crippen LogP contribution in [0.25, 0.3) is 0 Å². The van der Waals surface area contributed by atoms with E-state index in [1.807, 2.05) is 4.90 Å². The van der Waals surface area contributed by atoms with E-state index in [9.17, 15) is 9.59 Å². The molecule has 1 heterocycles. The van der Waals surface area contributed by atoms with E-state index in [1.54, 1.807) is 0 Å². The Morgan fingerprint density at radius 2 is 1.87 bits per heavy atom. The molecule has 6 heteroatoms. The van der Waals surface area contributed by atoms with Crippen LogP contribution in [0.5, 0.6) is 0 Å². The maximum Gasteiger partial charge on any atom is 0.226 e. The van der Waals surface area contributed by atoms with Crippen LogP contribution in [0.2, 0.25) is 0 Å². The molecule has 132 valence electrons. The molecule has 0 aromatic heterocycles. The molecular formula is C17H30ClN3O2. The molecule has 2 saturated carbocycles. The topological polar surface area (TPSA) is 75.4 Å². The standard InChI is InChI=1S/C17H29N3O2.ClH/c18-9-13-3-1-5-15(13)17(22)20-8-2-4-14(11-20)16(21)19-10-12-6-7-12;/h12-15H,1-11,18H2,(H,19,21);1H/t13-,14?,15-;/m1./s1. The molecule has 0 radical (unpaired) electrons. The fourth-order valence-electron chi connectivity index (χ4n) is 3.98. The minimum Gasteiger partial charge on any atom is -0.356 e. The zero-order valence-electron chi connectivity index (χ0n) is 13.8. The number of nitrogens with one attached hydrogen (secondary N) is 1. The predicted molar refractivity (Wildman–Crippen MR) is 92.2 cm³/mol. The van der Waals surface area contributed by atoms with Crippen LogP contribution >= 0.6 is 12.4 Å². The van der Waals surface area contributed by atoms with Crippen LogP contribution < -0.4 is 11.1 Å². The zero-order valence-corrected chi connectivity index (χ0v) is 14.7. The molecular weight excluding hydrogens is 314 g/mol. The van der Waals surface area contributed by atoms with Gasteiger partial charge in [0.2, 0.25) is 11.8 Å². The quantitative estimate of drug-likeness (QED) is 0.795. The number of hydrogen-bond acceptors (Lipinski definition) is 3. The number of hydrogen-bond donors (Lipinski definition) is 2. The summed E-state index contributed by atoms with van der Waals surface area (Å²) in [6, 6.07) is 0. The largest absolute Gasteiger partial charge is 0.356 e. The highest BCUT2D eigenvalue weighted by atomic mass is 35.5. The Labute approximate surface area is 145 Å². The second-order valence-corrected chi connectivity index (χ2v) is 7.35. The third-order valence-corrected chi connectivity index (χ3v) is 5.64. The van der Waals surface area contributed by atoms with E-state index in [0.717, 1.165) is 45.2 Å². The molecule has 0 aromatic rings. The monoisotopic (exact) mass is 343 g/mol. The first-order valence-electron chi connectivity index (χ1n) is 8.95. The lowest BCUT2D eigenvalue weighted by Gasteiger charge is -2.34. The van der Waals surface area contributed by atoms with E-state index in [2.05, 4.69) is 5.32 Å². The normalized spacial score (nSPS) is 30.7. The molecule has 2 amide bonds. The van der Waals surface area contributed by atoms with Gasteiger partial charge in [-0.05, 0) is 56.9 Å². The average molecular weight is 344 g/mol. The highest BCUT2D eigenvalue weighted by Crippen LogP contribution is 2.33. The SMILES string of the molecule is Cl.NC[C@H]1CCC[C@H]1C(=O)N1CCCC(C(=O)NCC2CC2)C1. The maximum atomic E-state index is 12.8. The third-order valence-electron chi connectivity index (χ3n) is 5.64. The van der Waals surface area contributed by atoms with Gasteiger partial charge >= 0.3 is 0 Å². The van der Waals surface area contributed by atoms with Gasteiger partial charge in [0.05, 0.1) is 5.92 Å². The zero-order chi connectivity index (χ0) is 15.5. The summed E-state index contributed by atoms with van der Waals surface area (Å²) in [6.07, 6.45) is 7.49.